The number of hydrogen-bond acceptors (Lipinski definition) is 6. The molecule has 2 heterocycles. The molecule has 0 aliphatic carbocycles. The number of ketones is 1. The van der Waals surface area contributed by atoms with Gasteiger partial charge >= 0.3 is 0 Å². The van der Waals surface area contributed by atoms with E-state index in [0.29, 0.717) is 20.8 Å². The summed E-state index contributed by atoms with van der Waals surface area (Å²) < 4.78 is 1.50. The SMILES string of the molecule is Cn1nnnc1Sc1cc2c(cc1Cl)C(=O)C(=O)N2. The van der Waals surface area contributed by atoms with Crippen molar-refractivity contribution in [3.8, 4) is 0 Å². The Morgan fingerprint density at radius 2 is 2.16 bits per heavy atom. The van der Waals surface area contributed by atoms with E-state index in [2.05, 4.69) is 20.8 Å². The number of tetrazole rings is 1. The number of Topliss-reactive ketones (excluding diaryl/α,β-unsaturated/α-hetero) is 1. The van der Waals surface area contributed by atoms with Crippen molar-refractivity contribution in [1.29, 1.82) is 0 Å². The Bertz CT molecular complexity index is 714. The summed E-state index contributed by atoms with van der Waals surface area (Å²) in [4.78, 5) is 23.5. The number of benzene rings is 1. The highest BCUT2D eigenvalue weighted by molar-refractivity contribution is 7.99. The van der Waals surface area contributed by atoms with E-state index >= 15 is 0 Å². The van der Waals surface area contributed by atoms with Crippen LogP contribution in [0.2, 0.25) is 5.02 Å². The van der Waals surface area contributed by atoms with Gasteiger partial charge in [-0.1, -0.05) is 11.6 Å². The molecule has 0 atom stereocenters. The molecule has 19 heavy (non-hydrogen) atoms. The second kappa shape index (κ2) is 4.32. The highest BCUT2D eigenvalue weighted by Crippen LogP contribution is 2.37. The van der Waals surface area contributed by atoms with Crippen LogP contribution < -0.4 is 5.32 Å². The van der Waals surface area contributed by atoms with Gasteiger partial charge in [0.2, 0.25) is 5.16 Å². The van der Waals surface area contributed by atoms with Crippen LogP contribution in [0.1, 0.15) is 10.4 Å². The molecule has 0 bridgehead atoms. The fraction of sp³-hybridized carbons (Fsp3) is 0.100. The van der Waals surface area contributed by atoms with Gasteiger partial charge in [0.25, 0.3) is 11.7 Å². The average molecular weight is 296 g/mol. The van der Waals surface area contributed by atoms with Gasteiger partial charge in [0.15, 0.2) is 0 Å². The zero-order valence-electron chi connectivity index (χ0n) is 9.55. The van der Waals surface area contributed by atoms with E-state index in [4.69, 9.17) is 11.6 Å². The summed E-state index contributed by atoms with van der Waals surface area (Å²) >= 11 is 7.35. The van der Waals surface area contributed by atoms with Crippen LogP contribution in [0, 0.1) is 0 Å². The quantitative estimate of drug-likeness (QED) is 0.836. The third-order valence-electron chi connectivity index (χ3n) is 2.55. The van der Waals surface area contributed by atoms with E-state index in [0.717, 1.165) is 0 Å². The van der Waals surface area contributed by atoms with Crippen LogP contribution in [0.5, 0.6) is 0 Å². The van der Waals surface area contributed by atoms with Gasteiger partial charge in [-0.05, 0) is 34.3 Å². The molecule has 96 valence electrons. The third kappa shape index (κ3) is 1.98. The average Bonchev–Trinajstić information content (AvgIpc) is 2.88. The van der Waals surface area contributed by atoms with Gasteiger partial charge in [-0.25, -0.2) is 4.68 Å². The predicted molar refractivity (Wildman–Crippen MR) is 67.3 cm³/mol. The number of nitrogens with one attached hydrogen (secondary N) is 1. The molecule has 0 radical (unpaired) electrons. The van der Waals surface area contributed by atoms with Crippen molar-refractivity contribution in [2.45, 2.75) is 10.1 Å². The van der Waals surface area contributed by atoms with Gasteiger partial charge in [-0.15, -0.1) is 5.10 Å². The van der Waals surface area contributed by atoms with Crippen LogP contribution in [-0.2, 0) is 11.8 Å². The first-order valence-electron chi connectivity index (χ1n) is 5.15. The number of nitrogens with zero attached hydrogens (tertiary/aromatic N) is 4. The minimum atomic E-state index is -0.645. The molecule has 1 aromatic heterocycles. The lowest BCUT2D eigenvalue weighted by Gasteiger charge is -2.05. The number of amides is 1. The summed E-state index contributed by atoms with van der Waals surface area (Å²) in [7, 11) is 1.70. The Labute approximate surface area is 116 Å². The summed E-state index contributed by atoms with van der Waals surface area (Å²) in [5.41, 5.74) is 0.743. The molecule has 0 fully saturated rings. The number of hydrogen-bond donors (Lipinski definition) is 1. The van der Waals surface area contributed by atoms with Crippen LogP contribution in [-0.4, -0.2) is 31.9 Å². The fourth-order valence-electron chi connectivity index (χ4n) is 1.63. The van der Waals surface area contributed by atoms with Crippen molar-refractivity contribution < 1.29 is 9.59 Å². The molecular weight excluding hydrogens is 290 g/mol. The molecule has 1 amide bonds. The summed E-state index contributed by atoms with van der Waals surface area (Å²) in [6.07, 6.45) is 0. The maximum Gasteiger partial charge on any atom is 0.296 e. The van der Waals surface area contributed by atoms with Crippen molar-refractivity contribution >= 4 is 40.7 Å². The van der Waals surface area contributed by atoms with Crippen LogP contribution in [0.4, 0.5) is 5.69 Å². The zero-order chi connectivity index (χ0) is 13.6. The summed E-state index contributed by atoms with van der Waals surface area (Å²) in [5, 5.41) is 14.5. The highest BCUT2D eigenvalue weighted by atomic mass is 35.5. The summed E-state index contributed by atoms with van der Waals surface area (Å²) in [6, 6.07) is 3.11. The number of aromatic nitrogens is 4. The summed E-state index contributed by atoms with van der Waals surface area (Å²) in [5.74, 6) is -1.22. The van der Waals surface area contributed by atoms with Gasteiger partial charge in [-0.3, -0.25) is 9.59 Å². The summed E-state index contributed by atoms with van der Waals surface area (Å²) in [6.45, 7) is 0. The minimum Gasteiger partial charge on any atom is -0.318 e. The first-order chi connectivity index (χ1) is 9.06. The molecular formula is C10H6ClN5O2S. The second-order valence-corrected chi connectivity index (χ2v) is 5.21. The smallest absolute Gasteiger partial charge is 0.296 e. The van der Waals surface area contributed by atoms with E-state index in [1.165, 1.54) is 22.5 Å². The first kappa shape index (κ1) is 12.1. The lowest BCUT2D eigenvalue weighted by Crippen LogP contribution is -2.12. The molecule has 1 aromatic carbocycles. The van der Waals surface area contributed by atoms with Crippen LogP contribution in [0.25, 0.3) is 0 Å². The Morgan fingerprint density at radius 1 is 1.37 bits per heavy atom. The van der Waals surface area contributed by atoms with Crippen molar-refractivity contribution in [3.63, 3.8) is 0 Å². The van der Waals surface area contributed by atoms with Crippen LogP contribution >= 0.6 is 23.4 Å². The largest absolute Gasteiger partial charge is 0.318 e. The number of anilines is 1. The molecule has 3 rings (SSSR count). The Kier molecular flexibility index (Phi) is 2.76. The Morgan fingerprint density at radius 3 is 2.84 bits per heavy atom. The Balaban J connectivity index is 2.01. The van der Waals surface area contributed by atoms with Gasteiger partial charge in [-0.2, -0.15) is 0 Å². The van der Waals surface area contributed by atoms with Crippen molar-refractivity contribution in [2.24, 2.45) is 7.05 Å². The minimum absolute atomic E-state index is 0.287. The monoisotopic (exact) mass is 295 g/mol. The third-order valence-corrected chi connectivity index (χ3v) is 4.06. The number of rotatable bonds is 2. The van der Waals surface area contributed by atoms with E-state index in [9.17, 15) is 9.59 Å². The van der Waals surface area contributed by atoms with Gasteiger partial charge in [0.05, 0.1) is 16.3 Å². The number of fused-ring (bicyclic) bond motifs is 1. The van der Waals surface area contributed by atoms with Gasteiger partial charge in [0, 0.05) is 11.9 Å². The van der Waals surface area contributed by atoms with E-state index in [1.807, 2.05) is 0 Å². The molecule has 0 saturated carbocycles. The van der Waals surface area contributed by atoms with Crippen LogP contribution in [0.15, 0.2) is 22.2 Å². The zero-order valence-corrected chi connectivity index (χ0v) is 11.1. The number of halogens is 1. The normalized spacial score (nSPS) is 13.6. The highest BCUT2D eigenvalue weighted by Gasteiger charge is 2.29. The molecule has 9 heteroatoms. The Hall–Kier alpha value is -1.93. The standard InChI is InChI=1S/C10H6ClN5O2S/c1-16-10(13-14-15-16)19-7-3-6-4(2-5(7)11)8(17)9(18)12-6/h2-3H,1H3,(H,12,17,18). The predicted octanol–water partition coefficient (Wildman–Crippen LogP) is 1.15. The van der Waals surface area contributed by atoms with Crippen molar-refractivity contribution in [1.82, 2.24) is 20.2 Å². The van der Waals surface area contributed by atoms with Gasteiger partial charge in [0.1, 0.15) is 0 Å². The fourth-order valence-corrected chi connectivity index (χ4v) is 2.69. The number of carbonyl (C=O) groups excluding carboxylic acids is 2. The molecule has 0 spiro atoms. The maximum absolute atomic E-state index is 11.5. The molecule has 1 aliphatic heterocycles. The maximum atomic E-state index is 11.5. The van der Waals surface area contributed by atoms with E-state index in [-0.39, 0.29) is 5.56 Å². The molecule has 2 aromatic rings. The van der Waals surface area contributed by atoms with Crippen LogP contribution in [0.3, 0.4) is 0 Å². The number of aryl methyl sites for hydroxylation is 1. The van der Waals surface area contributed by atoms with Crippen molar-refractivity contribution in [2.75, 3.05) is 5.32 Å². The molecule has 0 unspecified atom stereocenters. The first-order valence-corrected chi connectivity index (χ1v) is 6.35. The van der Waals surface area contributed by atoms with E-state index in [1.54, 1.807) is 13.1 Å². The molecule has 1 aliphatic rings. The topological polar surface area (TPSA) is 89.8 Å². The molecule has 0 saturated heterocycles. The lowest BCUT2D eigenvalue weighted by molar-refractivity contribution is -0.112. The lowest BCUT2D eigenvalue weighted by atomic mass is 10.1. The van der Waals surface area contributed by atoms with Gasteiger partial charge < -0.3 is 5.32 Å². The van der Waals surface area contributed by atoms with Crippen molar-refractivity contribution in [3.05, 3.63) is 22.7 Å². The number of carbonyl (C=O) groups is 2. The van der Waals surface area contributed by atoms with E-state index < -0.39 is 11.7 Å². The molecule has 7 nitrogen and oxygen atoms in total. The molecule has 1 N–H and O–H groups in total. The second-order valence-electron chi connectivity index (χ2n) is 3.80.